The average Bonchev–Trinajstić information content (AvgIpc) is 2.83. The van der Waals surface area contributed by atoms with Crippen molar-refractivity contribution in [2.45, 2.75) is 25.9 Å². The molecule has 0 unspecified atom stereocenters. The zero-order valence-electron chi connectivity index (χ0n) is 19.4. The lowest BCUT2D eigenvalue weighted by Gasteiger charge is -2.29. The number of hydrogen-bond donors (Lipinski definition) is 2. The largest absolute Gasteiger partial charge is 0.489 e. The summed E-state index contributed by atoms with van der Waals surface area (Å²) in [6, 6.07) is 18.0. The molecule has 0 atom stereocenters. The fourth-order valence-electron chi connectivity index (χ4n) is 4.15. The number of nitrogens with zero attached hydrogens (tertiary/aromatic N) is 4. The Morgan fingerprint density at radius 2 is 1.79 bits per heavy atom. The van der Waals surface area contributed by atoms with Crippen molar-refractivity contribution in [2.75, 3.05) is 30.8 Å². The van der Waals surface area contributed by atoms with Crippen molar-refractivity contribution in [3.05, 3.63) is 72.7 Å². The van der Waals surface area contributed by atoms with E-state index in [1.165, 1.54) is 0 Å². The van der Waals surface area contributed by atoms with Crippen LogP contribution in [0.4, 0.5) is 23.0 Å². The highest BCUT2D eigenvalue weighted by Crippen LogP contribution is 2.34. The molecule has 2 aromatic heterocycles. The molecule has 7 nitrogen and oxygen atoms in total. The van der Waals surface area contributed by atoms with E-state index in [1.807, 2.05) is 48.5 Å². The third-order valence-electron chi connectivity index (χ3n) is 6.00. The third-order valence-corrected chi connectivity index (χ3v) is 6.00. The molecule has 5 rings (SSSR count). The number of nitrogens with one attached hydrogen (secondary N) is 2. The highest BCUT2D eigenvalue weighted by molar-refractivity contribution is 5.95. The van der Waals surface area contributed by atoms with Crippen LogP contribution < -0.4 is 15.4 Å². The second kappa shape index (κ2) is 10.7. The first kappa shape index (κ1) is 23.7. The van der Waals surface area contributed by atoms with Crippen LogP contribution in [-0.4, -0.2) is 46.1 Å². The summed E-state index contributed by atoms with van der Waals surface area (Å²) >= 11 is 0. The van der Waals surface area contributed by atoms with Gasteiger partial charge in [-0.05, 0) is 74.8 Å². The Morgan fingerprint density at radius 1 is 0.941 bits per heavy atom. The van der Waals surface area contributed by atoms with E-state index in [9.17, 15) is 0 Å². The lowest BCUT2D eigenvalue weighted by atomic mass is 10.1. The fourth-order valence-corrected chi connectivity index (χ4v) is 4.15. The number of hydrogen-bond acceptors (Lipinski definition) is 7. The third kappa shape index (κ3) is 5.38. The highest BCUT2D eigenvalue weighted by Gasteiger charge is 2.20. The van der Waals surface area contributed by atoms with Crippen LogP contribution in [0.1, 0.15) is 18.4 Å². The van der Waals surface area contributed by atoms with Gasteiger partial charge >= 0.3 is 0 Å². The number of likely N-dealkylation sites (tertiary alicyclic amines) is 1. The predicted octanol–water partition coefficient (Wildman–Crippen LogP) is 5.72. The number of halogens is 1. The molecule has 4 aromatic rings. The summed E-state index contributed by atoms with van der Waals surface area (Å²) in [4.78, 5) is 15.7. The van der Waals surface area contributed by atoms with Gasteiger partial charge in [-0.1, -0.05) is 12.1 Å². The van der Waals surface area contributed by atoms with Gasteiger partial charge in [-0.3, -0.25) is 0 Å². The Balaban J connectivity index is 0.00000274. The average molecular weight is 477 g/mol. The molecular formula is C26H29ClN6O. The van der Waals surface area contributed by atoms with Gasteiger partial charge in [0, 0.05) is 30.7 Å². The first-order chi connectivity index (χ1) is 16.2. The number of aryl methyl sites for hydroxylation is 1. The van der Waals surface area contributed by atoms with E-state index in [4.69, 9.17) is 4.74 Å². The Morgan fingerprint density at radius 3 is 2.56 bits per heavy atom. The first-order valence-corrected chi connectivity index (χ1v) is 11.3. The monoisotopic (exact) mass is 476 g/mol. The van der Waals surface area contributed by atoms with E-state index in [1.54, 1.807) is 12.5 Å². The highest BCUT2D eigenvalue weighted by atomic mass is 35.5. The van der Waals surface area contributed by atoms with Gasteiger partial charge in [-0.25, -0.2) is 15.0 Å². The molecule has 8 heteroatoms. The topological polar surface area (TPSA) is 75.2 Å². The zero-order valence-corrected chi connectivity index (χ0v) is 20.2. The molecular weight excluding hydrogens is 448 g/mol. The predicted molar refractivity (Wildman–Crippen MR) is 140 cm³/mol. The van der Waals surface area contributed by atoms with Crippen molar-refractivity contribution in [3.63, 3.8) is 0 Å². The van der Waals surface area contributed by atoms with E-state index >= 15 is 0 Å². The lowest BCUT2D eigenvalue weighted by Crippen LogP contribution is -2.35. The molecule has 3 heterocycles. The first-order valence-electron chi connectivity index (χ1n) is 11.3. The summed E-state index contributed by atoms with van der Waals surface area (Å²) in [6.07, 6.45) is 5.62. The van der Waals surface area contributed by atoms with Gasteiger partial charge in [0.1, 0.15) is 29.8 Å². The van der Waals surface area contributed by atoms with Crippen LogP contribution in [-0.2, 0) is 0 Å². The molecule has 176 valence electrons. The Labute approximate surface area is 206 Å². The Bertz CT molecular complexity index is 1240. The fraction of sp³-hybridized carbons (Fsp3) is 0.269. The molecule has 0 aliphatic carbocycles. The van der Waals surface area contributed by atoms with Gasteiger partial charge in [0.15, 0.2) is 0 Å². The number of aromatic nitrogens is 3. The van der Waals surface area contributed by atoms with E-state index in [0.29, 0.717) is 0 Å². The number of fused-ring (bicyclic) bond motifs is 1. The molecule has 0 bridgehead atoms. The number of ether oxygens (including phenoxy) is 1. The van der Waals surface area contributed by atoms with Gasteiger partial charge < -0.3 is 20.3 Å². The molecule has 0 radical (unpaired) electrons. The number of rotatable bonds is 6. The SMILES string of the molecule is Cc1cc(Nc2ncnc3cccc(OC4CCN(C)CC4)c23)ccc1Nc1ccccn1.Cl. The Kier molecular flexibility index (Phi) is 7.45. The van der Waals surface area contributed by atoms with Gasteiger partial charge in [0.2, 0.25) is 0 Å². The number of pyridine rings is 1. The Hall–Kier alpha value is -3.42. The lowest BCUT2D eigenvalue weighted by molar-refractivity contribution is 0.116. The summed E-state index contributed by atoms with van der Waals surface area (Å²) in [7, 11) is 2.16. The van der Waals surface area contributed by atoms with E-state index in [-0.39, 0.29) is 18.5 Å². The number of piperidine rings is 1. The van der Waals surface area contributed by atoms with Gasteiger partial charge in [0.05, 0.1) is 10.9 Å². The molecule has 34 heavy (non-hydrogen) atoms. The van der Waals surface area contributed by atoms with Crippen molar-refractivity contribution < 1.29 is 4.74 Å². The summed E-state index contributed by atoms with van der Waals surface area (Å²) in [6.45, 7) is 4.17. The maximum Gasteiger partial charge on any atom is 0.145 e. The van der Waals surface area contributed by atoms with Crippen molar-refractivity contribution in [1.29, 1.82) is 0 Å². The second-order valence-electron chi connectivity index (χ2n) is 8.49. The zero-order chi connectivity index (χ0) is 22.6. The molecule has 1 fully saturated rings. The molecule has 1 saturated heterocycles. The molecule has 2 N–H and O–H groups in total. The molecule has 0 amide bonds. The van der Waals surface area contributed by atoms with Gasteiger partial charge in [-0.15, -0.1) is 12.4 Å². The van der Waals surface area contributed by atoms with Crippen molar-refractivity contribution >= 4 is 46.3 Å². The van der Waals surface area contributed by atoms with Crippen LogP contribution in [0.2, 0.25) is 0 Å². The van der Waals surface area contributed by atoms with Crippen molar-refractivity contribution in [1.82, 2.24) is 19.9 Å². The maximum atomic E-state index is 6.44. The van der Waals surface area contributed by atoms with Crippen LogP contribution >= 0.6 is 12.4 Å². The number of anilines is 4. The molecule has 0 saturated carbocycles. The summed E-state index contributed by atoms with van der Waals surface area (Å²) < 4.78 is 6.44. The normalized spacial score (nSPS) is 14.4. The summed E-state index contributed by atoms with van der Waals surface area (Å²) in [5.41, 5.74) is 3.93. The standard InChI is InChI=1S/C26H28N6O.ClH/c1-18-16-19(9-10-21(18)31-24-8-3-4-13-27-24)30-26-25-22(28-17-29-26)6-5-7-23(25)33-20-11-14-32(2)15-12-20;/h3-10,13,16-17,20H,11-12,14-15H2,1-2H3,(H,27,31)(H,28,29,30);1H. The molecule has 1 aliphatic heterocycles. The minimum absolute atomic E-state index is 0. The second-order valence-corrected chi connectivity index (χ2v) is 8.49. The van der Waals surface area contributed by atoms with Crippen LogP contribution in [0.5, 0.6) is 5.75 Å². The van der Waals surface area contributed by atoms with Gasteiger partial charge in [-0.2, -0.15) is 0 Å². The number of benzene rings is 2. The quantitative estimate of drug-likeness (QED) is 0.369. The van der Waals surface area contributed by atoms with Crippen molar-refractivity contribution in [2.24, 2.45) is 0 Å². The van der Waals surface area contributed by atoms with Crippen LogP contribution in [0.25, 0.3) is 10.9 Å². The van der Waals surface area contributed by atoms with E-state index in [2.05, 4.69) is 50.5 Å². The van der Waals surface area contributed by atoms with E-state index < -0.39 is 0 Å². The van der Waals surface area contributed by atoms with Crippen LogP contribution in [0.3, 0.4) is 0 Å². The van der Waals surface area contributed by atoms with E-state index in [0.717, 1.165) is 71.2 Å². The summed E-state index contributed by atoms with van der Waals surface area (Å²) in [5, 5.41) is 7.75. The summed E-state index contributed by atoms with van der Waals surface area (Å²) in [5.74, 6) is 2.39. The maximum absolute atomic E-state index is 6.44. The minimum atomic E-state index is 0. The molecule has 0 spiro atoms. The molecule has 1 aliphatic rings. The molecule has 2 aromatic carbocycles. The van der Waals surface area contributed by atoms with Crippen molar-refractivity contribution in [3.8, 4) is 5.75 Å². The van der Waals surface area contributed by atoms with Crippen LogP contribution in [0, 0.1) is 6.92 Å². The van der Waals surface area contributed by atoms with Crippen LogP contribution in [0.15, 0.2) is 67.1 Å². The van der Waals surface area contributed by atoms with Gasteiger partial charge in [0.25, 0.3) is 0 Å². The minimum Gasteiger partial charge on any atom is -0.489 e. The smallest absolute Gasteiger partial charge is 0.145 e.